The summed E-state index contributed by atoms with van der Waals surface area (Å²) in [6.07, 6.45) is 0. The molecule has 5 heteroatoms. The highest BCUT2D eigenvalue weighted by Crippen LogP contribution is 2.22. The molecule has 1 amide bonds. The first kappa shape index (κ1) is 13.3. The van der Waals surface area contributed by atoms with Crippen LogP contribution in [-0.4, -0.2) is 17.9 Å². The first-order valence-corrected chi connectivity index (χ1v) is 6.28. The lowest BCUT2D eigenvalue weighted by molar-refractivity contribution is -0.114. The molecule has 19 heavy (non-hydrogen) atoms. The number of benzene rings is 1. The average molecular weight is 273 g/mol. The van der Waals surface area contributed by atoms with Crippen LogP contribution in [0.1, 0.15) is 6.92 Å². The van der Waals surface area contributed by atoms with Gasteiger partial charge in [-0.25, -0.2) is 0 Å². The number of nitrogens with zero attached hydrogens (tertiary/aromatic N) is 1. The van der Waals surface area contributed by atoms with E-state index >= 15 is 0 Å². The van der Waals surface area contributed by atoms with E-state index in [0.717, 1.165) is 11.5 Å². The summed E-state index contributed by atoms with van der Waals surface area (Å²) in [5, 5.41) is 2.69. The Bertz CT molecular complexity index is 637. The lowest BCUT2D eigenvalue weighted by Crippen LogP contribution is -2.12. The quantitative estimate of drug-likeness (QED) is 0.842. The molecule has 0 aliphatic heterocycles. The summed E-state index contributed by atoms with van der Waals surface area (Å²) in [5.74, 6) is 0.731. The van der Waals surface area contributed by atoms with Gasteiger partial charge in [-0.3, -0.25) is 4.79 Å². The second-order valence-electron chi connectivity index (χ2n) is 4.16. The molecule has 2 aromatic rings. The van der Waals surface area contributed by atoms with Crippen molar-refractivity contribution in [1.29, 1.82) is 0 Å². The molecule has 0 aliphatic rings. The number of carbonyl (C=O) groups is 1. The third kappa shape index (κ3) is 3.20. The Kier molecular flexibility index (Phi) is 3.97. The van der Waals surface area contributed by atoms with Gasteiger partial charge in [0.2, 0.25) is 5.91 Å². The van der Waals surface area contributed by atoms with E-state index in [0.29, 0.717) is 10.3 Å². The fourth-order valence-electron chi connectivity index (χ4n) is 1.74. The van der Waals surface area contributed by atoms with Crippen LogP contribution in [0, 0.1) is 4.64 Å². The van der Waals surface area contributed by atoms with E-state index in [9.17, 15) is 4.79 Å². The first-order chi connectivity index (χ1) is 9.08. The van der Waals surface area contributed by atoms with Crippen molar-refractivity contribution in [2.75, 3.05) is 17.3 Å². The molecule has 2 N–H and O–H groups in total. The molecule has 0 saturated carbocycles. The van der Waals surface area contributed by atoms with Gasteiger partial charge in [-0.1, -0.05) is 30.4 Å². The molecule has 0 spiro atoms. The molecule has 1 heterocycles. The van der Waals surface area contributed by atoms with Gasteiger partial charge < -0.3 is 15.2 Å². The Balaban J connectivity index is 2.30. The molecule has 4 nitrogen and oxygen atoms in total. The van der Waals surface area contributed by atoms with E-state index in [1.165, 1.54) is 6.92 Å². The number of para-hydroxylation sites is 1. The summed E-state index contributed by atoms with van der Waals surface area (Å²) in [5.41, 5.74) is 1.67. The maximum Gasteiger partial charge on any atom is 0.221 e. The lowest BCUT2D eigenvalue weighted by atomic mass is 10.3. The number of aromatic nitrogens is 1. The Labute approximate surface area is 117 Å². The van der Waals surface area contributed by atoms with Crippen LogP contribution in [0.2, 0.25) is 0 Å². The minimum absolute atomic E-state index is 0.135. The van der Waals surface area contributed by atoms with Gasteiger partial charge in [0, 0.05) is 19.7 Å². The van der Waals surface area contributed by atoms with Crippen molar-refractivity contribution >= 4 is 35.3 Å². The summed E-state index contributed by atoms with van der Waals surface area (Å²) in [7, 11) is 1.95. The predicted molar refractivity (Wildman–Crippen MR) is 80.4 cm³/mol. The van der Waals surface area contributed by atoms with Crippen LogP contribution in [0.5, 0.6) is 0 Å². The molecule has 0 fully saturated rings. The molecule has 1 aromatic heterocycles. The van der Waals surface area contributed by atoms with Gasteiger partial charge in [0.05, 0.1) is 5.69 Å². The highest BCUT2D eigenvalue weighted by Gasteiger charge is 2.05. The average Bonchev–Trinajstić information content (AvgIpc) is 2.41. The molecule has 0 unspecified atom stereocenters. The van der Waals surface area contributed by atoms with Gasteiger partial charge in [0.15, 0.2) is 0 Å². The number of carbonyl (C=O) groups excluding carboxylic acids is 1. The standard InChI is InChI=1S/C14H15N3OS/c1-10(18)15-12-8-9-13(16-14(12)19)17(2)11-6-4-3-5-7-11/h3-9H,1-2H3,(H,15,18)(H,16,19). The summed E-state index contributed by atoms with van der Waals surface area (Å²) in [4.78, 5) is 16.1. The number of hydrogen-bond donors (Lipinski definition) is 2. The van der Waals surface area contributed by atoms with Crippen LogP contribution < -0.4 is 10.2 Å². The molecular formula is C14H15N3OS. The third-order valence-corrected chi connectivity index (χ3v) is 3.03. The fourth-order valence-corrected chi connectivity index (χ4v) is 1.96. The third-order valence-electron chi connectivity index (χ3n) is 2.71. The van der Waals surface area contributed by atoms with Crippen molar-refractivity contribution < 1.29 is 4.79 Å². The minimum Gasteiger partial charge on any atom is -0.331 e. The molecule has 0 aliphatic carbocycles. The molecule has 2 rings (SSSR count). The number of H-pyrrole nitrogens is 1. The predicted octanol–water partition coefficient (Wildman–Crippen LogP) is 3.47. The zero-order valence-electron chi connectivity index (χ0n) is 10.8. The number of amides is 1. The largest absolute Gasteiger partial charge is 0.331 e. The summed E-state index contributed by atoms with van der Waals surface area (Å²) >= 11 is 5.23. The van der Waals surface area contributed by atoms with Crippen LogP contribution in [0.25, 0.3) is 0 Å². The number of aromatic amines is 1. The van der Waals surface area contributed by atoms with Crippen LogP contribution in [0.15, 0.2) is 42.5 Å². The van der Waals surface area contributed by atoms with Crippen molar-refractivity contribution in [3.63, 3.8) is 0 Å². The lowest BCUT2D eigenvalue weighted by Gasteiger charge is -2.19. The van der Waals surface area contributed by atoms with Gasteiger partial charge in [0.1, 0.15) is 10.5 Å². The molecule has 0 radical (unpaired) electrons. The van der Waals surface area contributed by atoms with Crippen molar-refractivity contribution in [3.8, 4) is 0 Å². The van der Waals surface area contributed by atoms with Crippen LogP contribution in [0.4, 0.5) is 17.2 Å². The Morgan fingerprint density at radius 2 is 1.89 bits per heavy atom. The smallest absolute Gasteiger partial charge is 0.221 e. The zero-order chi connectivity index (χ0) is 13.8. The highest BCUT2D eigenvalue weighted by molar-refractivity contribution is 7.71. The number of pyridine rings is 1. The summed E-state index contributed by atoms with van der Waals surface area (Å²) < 4.78 is 0.510. The van der Waals surface area contributed by atoms with Gasteiger partial charge in [0.25, 0.3) is 0 Å². The number of nitrogens with one attached hydrogen (secondary N) is 2. The highest BCUT2D eigenvalue weighted by atomic mass is 32.1. The Hall–Kier alpha value is -2.14. The van der Waals surface area contributed by atoms with E-state index in [-0.39, 0.29) is 5.91 Å². The van der Waals surface area contributed by atoms with Crippen molar-refractivity contribution in [2.45, 2.75) is 6.92 Å². The number of rotatable bonds is 3. The molecule has 0 saturated heterocycles. The van der Waals surface area contributed by atoms with E-state index in [2.05, 4.69) is 10.3 Å². The molecule has 98 valence electrons. The van der Waals surface area contributed by atoms with Gasteiger partial charge >= 0.3 is 0 Å². The van der Waals surface area contributed by atoms with Crippen LogP contribution >= 0.6 is 12.2 Å². The van der Waals surface area contributed by atoms with Crippen molar-refractivity contribution in [2.24, 2.45) is 0 Å². The van der Waals surface area contributed by atoms with E-state index in [1.807, 2.05) is 48.3 Å². The van der Waals surface area contributed by atoms with Gasteiger partial charge in [-0.15, -0.1) is 0 Å². The van der Waals surface area contributed by atoms with Gasteiger partial charge in [-0.2, -0.15) is 0 Å². The normalized spacial score (nSPS) is 10.0. The fraction of sp³-hybridized carbons (Fsp3) is 0.143. The molecular weight excluding hydrogens is 258 g/mol. The first-order valence-electron chi connectivity index (χ1n) is 5.87. The SMILES string of the molecule is CC(=O)Nc1ccc(N(C)c2ccccc2)[nH]c1=S. The zero-order valence-corrected chi connectivity index (χ0v) is 11.6. The Morgan fingerprint density at radius 1 is 1.21 bits per heavy atom. The number of anilines is 3. The van der Waals surface area contributed by atoms with Crippen molar-refractivity contribution in [1.82, 2.24) is 4.98 Å². The number of hydrogen-bond acceptors (Lipinski definition) is 3. The molecule has 0 bridgehead atoms. The van der Waals surface area contributed by atoms with E-state index in [4.69, 9.17) is 12.2 Å². The molecule has 0 atom stereocenters. The van der Waals surface area contributed by atoms with Crippen LogP contribution in [0.3, 0.4) is 0 Å². The minimum atomic E-state index is -0.135. The monoisotopic (exact) mass is 273 g/mol. The van der Waals surface area contributed by atoms with Crippen molar-refractivity contribution in [3.05, 3.63) is 47.1 Å². The van der Waals surface area contributed by atoms with Crippen LogP contribution in [-0.2, 0) is 4.79 Å². The van der Waals surface area contributed by atoms with E-state index < -0.39 is 0 Å². The second-order valence-corrected chi connectivity index (χ2v) is 4.57. The van der Waals surface area contributed by atoms with Gasteiger partial charge in [-0.05, 0) is 24.3 Å². The van der Waals surface area contributed by atoms with E-state index in [1.54, 1.807) is 6.07 Å². The maximum atomic E-state index is 11.0. The Morgan fingerprint density at radius 3 is 2.47 bits per heavy atom. The molecule has 1 aromatic carbocycles. The maximum absolute atomic E-state index is 11.0. The summed E-state index contributed by atoms with van der Waals surface area (Å²) in [6, 6.07) is 13.6. The topological polar surface area (TPSA) is 48.1 Å². The second kappa shape index (κ2) is 5.67. The summed E-state index contributed by atoms with van der Waals surface area (Å²) in [6.45, 7) is 1.46.